The van der Waals surface area contributed by atoms with Crippen LogP contribution in [-0.2, 0) is 52.5 Å². The summed E-state index contributed by atoms with van der Waals surface area (Å²) >= 11 is 0. The number of phosphoric acid groups is 3. The largest absolute Gasteiger partial charge is 0.536 e. The van der Waals surface area contributed by atoms with Gasteiger partial charge in [-0.05, 0) is 104 Å². The molecule has 0 aromatic heterocycles. The van der Waals surface area contributed by atoms with Crippen LogP contribution in [0.2, 0.25) is 0 Å². The zero-order valence-corrected chi connectivity index (χ0v) is 46.9. The van der Waals surface area contributed by atoms with Crippen LogP contribution in [0.15, 0.2) is 102 Å². The van der Waals surface area contributed by atoms with Gasteiger partial charge in [0.15, 0.2) is 34.6 Å². The molecule has 7 aliphatic rings. The molecule has 0 radical (unpaired) electrons. The van der Waals surface area contributed by atoms with Crippen molar-refractivity contribution in [2.75, 3.05) is 26.3 Å². The summed E-state index contributed by atoms with van der Waals surface area (Å²) in [6, 6.07) is 17.7. The molecule has 9 unspecified atom stereocenters. The number of ether oxygens (including phenoxy) is 5. The number of rotatable bonds is 18. The molecule has 3 aliphatic carbocycles. The minimum absolute atomic E-state index is 0.0479. The minimum Gasteiger partial charge on any atom is -0.482 e. The van der Waals surface area contributed by atoms with Crippen molar-refractivity contribution in [3.8, 4) is 17.2 Å². The Hall–Kier alpha value is -4.84. The SMILES string of the molecule is CC(C)=CCCC1(C)C=Cc2c(c(CC=C(C)C)c3c(c2OP(=O)(O)OP(=O)(O)OP(=O)(O)O)C(=O)C2C(N4CCOCC4)C4CC5C(C)(C)OC(CC=C(C)C(=O)OC(c6ccccc6)c6ccccc6)(C4=O)C25O3)O1. The first-order chi connectivity index (χ1) is 36.1. The maximum atomic E-state index is 16.6. The highest BCUT2D eigenvalue weighted by molar-refractivity contribution is 7.66. The molecule has 10 rings (SSSR count). The molecule has 4 bridgehead atoms. The third-order valence-electron chi connectivity index (χ3n) is 15.5. The first-order valence-electron chi connectivity index (χ1n) is 25.6. The third-order valence-corrected chi connectivity index (χ3v) is 19.3. The summed E-state index contributed by atoms with van der Waals surface area (Å²) in [7, 11) is -17.9. The molecule has 4 N–H and O–H groups in total. The van der Waals surface area contributed by atoms with Crippen LogP contribution in [0.25, 0.3) is 6.08 Å². The van der Waals surface area contributed by atoms with Crippen LogP contribution in [0.3, 0.4) is 0 Å². The molecule has 2 saturated heterocycles. The molecule has 22 heteroatoms. The molecule has 3 aromatic carbocycles. The van der Waals surface area contributed by atoms with E-state index < -0.39 is 93.3 Å². The Morgan fingerprint density at radius 1 is 0.818 bits per heavy atom. The highest BCUT2D eigenvalue weighted by atomic mass is 31.3. The predicted molar refractivity (Wildman–Crippen MR) is 282 cm³/mol. The number of allylic oxidation sites excluding steroid dienone is 4. The van der Waals surface area contributed by atoms with E-state index in [-0.39, 0.29) is 66.5 Å². The molecular formula is C55H66NO18P3. The van der Waals surface area contributed by atoms with Gasteiger partial charge in [0.05, 0.1) is 30.3 Å². The van der Waals surface area contributed by atoms with Gasteiger partial charge in [-0.1, -0.05) is 90.0 Å². The fraction of sp³-hybridized carbons (Fsp3) is 0.473. The fourth-order valence-electron chi connectivity index (χ4n) is 12.4. The number of phosphoric ester groups is 1. The first-order valence-corrected chi connectivity index (χ1v) is 30.1. The van der Waals surface area contributed by atoms with E-state index in [2.05, 4.69) is 8.62 Å². The molecule has 3 aromatic rings. The predicted octanol–water partition coefficient (Wildman–Crippen LogP) is 9.88. The van der Waals surface area contributed by atoms with Crippen LogP contribution in [0.4, 0.5) is 0 Å². The first kappa shape index (κ1) is 56.9. The lowest BCUT2D eigenvalue weighted by Crippen LogP contribution is -2.82. The van der Waals surface area contributed by atoms with Gasteiger partial charge in [0, 0.05) is 48.5 Å². The van der Waals surface area contributed by atoms with Crippen molar-refractivity contribution in [2.24, 2.45) is 17.8 Å². The quantitative estimate of drug-likeness (QED) is 0.0400. The lowest BCUT2D eigenvalue weighted by Gasteiger charge is -2.64. The van der Waals surface area contributed by atoms with Crippen molar-refractivity contribution in [3.05, 3.63) is 130 Å². The average Bonchev–Trinajstić information content (AvgIpc) is 2.69. The molecular weight excluding hydrogens is 1060 g/mol. The second-order valence-corrected chi connectivity index (χ2v) is 26.2. The number of hydrogen-bond acceptors (Lipinski definition) is 15. The number of ketones is 2. The molecule has 1 spiro atoms. The number of fused-ring (bicyclic) bond motifs is 2. The summed E-state index contributed by atoms with van der Waals surface area (Å²) in [5.41, 5.74) is -2.60. The topological polar surface area (TPSA) is 260 Å². The Morgan fingerprint density at radius 2 is 1.44 bits per heavy atom. The normalized spacial score (nSPS) is 28.7. The van der Waals surface area contributed by atoms with E-state index in [1.165, 1.54) is 0 Å². The molecule has 9 atom stereocenters. The standard InChI is InChI=1S/C55H66NO18P3/c1-33(2)16-15-25-53(8)26-24-39-47(69-53)38(22-21-34(3)4)48-42(49(39)71-76(63,64)74-77(65,66)73-75(60,61)62)45(57)43-44(56-28-30-67-31-29-56)40-32-41-52(6,7)72-54(50(40)58,55(41,43)70-48)27-23-35(5)51(59)68-46(36-17-11-9-12-18-36)37-19-13-10-14-20-37/h9-14,16-21,23-24,26,40-41,43-44,46H,15,22,25,27-32H2,1-8H3,(H,63,64)(H,65,66)(H2,60,61,62). The molecule has 4 aliphatic heterocycles. The van der Waals surface area contributed by atoms with Gasteiger partial charge in [0.1, 0.15) is 22.7 Å². The van der Waals surface area contributed by atoms with Gasteiger partial charge in [0.25, 0.3) is 0 Å². The lowest BCUT2D eigenvalue weighted by atomic mass is 9.44. The molecule has 3 saturated carbocycles. The Balaban J connectivity index is 1.25. The van der Waals surface area contributed by atoms with E-state index in [9.17, 15) is 38.1 Å². The van der Waals surface area contributed by atoms with Gasteiger partial charge in [-0.2, -0.15) is 8.62 Å². The summed E-state index contributed by atoms with van der Waals surface area (Å²) in [5.74, 6) is -5.32. The second kappa shape index (κ2) is 21.0. The van der Waals surface area contributed by atoms with Crippen LogP contribution in [0, 0.1) is 17.8 Å². The zero-order chi connectivity index (χ0) is 55.7. The fourth-order valence-corrected chi connectivity index (χ4v) is 15.4. The van der Waals surface area contributed by atoms with Gasteiger partial charge in [-0.15, -0.1) is 0 Å². The molecule has 414 valence electrons. The summed E-state index contributed by atoms with van der Waals surface area (Å²) in [6.45, 7) is 16.0. The molecule has 0 amide bonds. The zero-order valence-electron chi connectivity index (χ0n) is 44.2. The maximum absolute atomic E-state index is 16.6. The monoisotopic (exact) mass is 1120 g/mol. The van der Waals surface area contributed by atoms with Gasteiger partial charge >= 0.3 is 29.4 Å². The van der Waals surface area contributed by atoms with Crippen LogP contribution in [0.5, 0.6) is 17.2 Å². The lowest BCUT2D eigenvalue weighted by molar-refractivity contribution is -0.216. The van der Waals surface area contributed by atoms with E-state index >= 15 is 9.59 Å². The van der Waals surface area contributed by atoms with Crippen molar-refractivity contribution in [1.29, 1.82) is 0 Å². The number of morpholine rings is 1. The number of hydrogen-bond donors (Lipinski definition) is 4. The van der Waals surface area contributed by atoms with Crippen LogP contribution >= 0.6 is 23.5 Å². The van der Waals surface area contributed by atoms with E-state index in [0.717, 1.165) is 22.3 Å². The highest BCUT2D eigenvalue weighted by Gasteiger charge is 2.86. The number of esters is 1. The minimum atomic E-state index is -6.07. The number of carbonyl (C=O) groups is 3. The smallest absolute Gasteiger partial charge is 0.482 e. The summed E-state index contributed by atoms with van der Waals surface area (Å²) in [4.78, 5) is 89.4. The number of Topliss-reactive ketones (excluding diaryl/α,β-unsaturated/α-hetero) is 2. The molecule has 77 heavy (non-hydrogen) atoms. The van der Waals surface area contributed by atoms with Crippen molar-refractivity contribution in [3.63, 3.8) is 0 Å². The second-order valence-electron chi connectivity index (χ2n) is 21.9. The molecule has 5 fully saturated rings. The highest BCUT2D eigenvalue weighted by Crippen LogP contribution is 2.72. The summed E-state index contributed by atoms with van der Waals surface area (Å²) in [5, 5.41) is 0. The van der Waals surface area contributed by atoms with Gasteiger partial charge in [0.2, 0.25) is 0 Å². The Labute approximate surface area is 447 Å². The van der Waals surface area contributed by atoms with Crippen molar-refractivity contribution >= 4 is 47.1 Å². The van der Waals surface area contributed by atoms with Gasteiger partial charge < -0.3 is 42.9 Å². The number of nitrogens with zero attached hydrogens (tertiary/aromatic N) is 1. The van der Waals surface area contributed by atoms with Gasteiger partial charge in [-0.25, -0.2) is 18.5 Å². The van der Waals surface area contributed by atoms with Crippen molar-refractivity contribution < 1.29 is 84.5 Å². The Bertz CT molecular complexity index is 3080. The van der Waals surface area contributed by atoms with Crippen LogP contribution in [0.1, 0.15) is 120 Å². The van der Waals surface area contributed by atoms with E-state index in [1.807, 2.05) is 126 Å². The van der Waals surface area contributed by atoms with Crippen molar-refractivity contribution in [2.45, 2.75) is 122 Å². The third kappa shape index (κ3) is 10.8. The van der Waals surface area contributed by atoms with Crippen molar-refractivity contribution in [1.82, 2.24) is 4.90 Å². The summed E-state index contributed by atoms with van der Waals surface area (Å²) in [6.07, 6.45) is 9.00. The number of carbonyl (C=O) groups excluding carboxylic acids is 3. The Morgan fingerprint density at radius 3 is 2.04 bits per heavy atom. The van der Waals surface area contributed by atoms with E-state index in [4.69, 9.17) is 28.2 Å². The van der Waals surface area contributed by atoms with Crippen LogP contribution in [-0.4, -0.2) is 96.8 Å². The number of benzene rings is 3. The average molecular weight is 1120 g/mol. The summed E-state index contributed by atoms with van der Waals surface area (Å²) < 4.78 is 86.6. The molecule has 4 heterocycles. The van der Waals surface area contributed by atoms with E-state index in [1.54, 1.807) is 25.2 Å². The maximum Gasteiger partial charge on any atom is 0.536 e. The molecule has 19 nitrogen and oxygen atoms in total. The Kier molecular flexibility index (Phi) is 15.5. The van der Waals surface area contributed by atoms with Crippen LogP contribution < -0.4 is 14.0 Å². The van der Waals surface area contributed by atoms with E-state index in [0.29, 0.717) is 31.5 Å². The van der Waals surface area contributed by atoms with Gasteiger partial charge in [-0.3, -0.25) is 19.4 Å².